The number of carboxylic acids is 1. The lowest BCUT2D eigenvalue weighted by Crippen LogP contribution is -2.46. The minimum atomic E-state index is -1.03. The van der Waals surface area contributed by atoms with Gasteiger partial charge in [-0.1, -0.05) is 0 Å². The van der Waals surface area contributed by atoms with E-state index in [-0.39, 0.29) is 18.9 Å². The largest absolute Gasteiger partial charge is 0.480 e. The Morgan fingerprint density at radius 2 is 2.19 bits per heavy atom. The Kier molecular flexibility index (Phi) is 4.32. The number of aliphatic carboxylic acids is 1. The van der Waals surface area contributed by atoms with Gasteiger partial charge in [0.1, 0.15) is 6.54 Å². The van der Waals surface area contributed by atoms with Crippen molar-refractivity contribution in [1.29, 1.82) is 0 Å². The van der Waals surface area contributed by atoms with E-state index in [1.807, 2.05) is 0 Å². The van der Waals surface area contributed by atoms with E-state index in [2.05, 4.69) is 5.92 Å². The molecule has 0 bridgehead atoms. The molecule has 1 aliphatic rings. The second kappa shape index (κ2) is 5.52. The Labute approximate surface area is 94.6 Å². The number of carboxylic acid groups (broad SMARTS) is 1. The van der Waals surface area contributed by atoms with Gasteiger partial charge in [0.05, 0.1) is 6.04 Å². The van der Waals surface area contributed by atoms with E-state index in [0.717, 1.165) is 12.8 Å². The zero-order chi connectivity index (χ0) is 12.1. The van der Waals surface area contributed by atoms with Gasteiger partial charge in [0.2, 0.25) is 5.91 Å². The Bertz CT molecular complexity index is 318. The molecule has 0 aromatic carbocycles. The molecule has 0 heterocycles. The average Bonchev–Trinajstić information content (AvgIpc) is 2.99. The van der Waals surface area contributed by atoms with Crippen LogP contribution in [0.4, 0.5) is 0 Å². The van der Waals surface area contributed by atoms with Crippen molar-refractivity contribution >= 4 is 11.9 Å². The number of nitrogens with two attached hydrogens (primary N) is 1. The lowest BCUT2D eigenvalue weighted by atomic mass is 10.2. The van der Waals surface area contributed by atoms with Crippen LogP contribution >= 0.6 is 0 Å². The molecule has 0 aromatic heterocycles. The predicted molar refractivity (Wildman–Crippen MR) is 58.4 cm³/mol. The third-order valence-corrected chi connectivity index (χ3v) is 2.47. The topological polar surface area (TPSA) is 83.6 Å². The van der Waals surface area contributed by atoms with Crippen molar-refractivity contribution in [3.8, 4) is 12.3 Å². The summed E-state index contributed by atoms with van der Waals surface area (Å²) < 4.78 is 0. The third kappa shape index (κ3) is 3.91. The number of amides is 1. The van der Waals surface area contributed by atoms with Crippen molar-refractivity contribution < 1.29 is 14.7 Å². The van der Waals surface area contributed by atoms with Gasteiger partial charge in [-0.2, -0.15) is 0 Å². The van der Waals surface area contributed by atoms with Gasteiger partial charge in [0, 0.05) is 13.0 Å². The van der Waals surface area contributed by atoms with Crippen LogP contribution in [0.25, 0.3) is 0 Å². The number of hydrogen-bond acceptors (Lipinski definition) is 3. The highest BCUT2D eigenvalue weighted by Crippen LogP contribution is 2.29. The molecule has 0 spiro atoms. The number of terminal acetylenes is 1. The number of rotatable bonds is 6. The van der Waals surface area contributed by atoms with Gasteiger partial charge in [0.15, 0.2) is 0 Å². The molecule has 0 radical (unpaired) electrons. The molecule has 1 fully saturated rings. The predicted octanol–water partition coefficient (Wildman–Crippen LogP) is -0.340. The molecular formula is C11H16N2O3. The number of carbonyl (C=O) groups is 2. The van der Waals surface area contributed by atoms with Crippen molar-refractivity contribution in [3.05, 3.63) is 0 Å². The maximum atomic E-state index is 11.8. The van der Waals surface area contributed by atoms with Gasteiger partial charge >= 0.3 is 5.97 Å². The molecule has 1 unspecified atom stereocenters. The standard InChI is InChI=1S/C11H16N2O3/c1-2-3-9(12)11(16)13(7-10(14)15)6-8-4-5-8/h1,8-9H,3-7,12H2,(H,14,15). The fourth-order valence-corrected chi connectivity index (χ4v) is 1.46. The lowest BCUT2D eigenvalue weighted by Gasteiger charge is -2.23. The van der Waals surface area contributed by atoms with Crippen molar-refractivity contribution in [2.45, 2.75) is 25.3 Å². The normalized spacial score (nSPS) is 16.2. The van der Waals surface area contributed by atoms with Gasteiger partial charge in [0.25, 0.3) is 0 Å². The summed E-state index contributed by atoms with van der Waals surface area (Å²) in [7, 11) is 0. The molecule has 5 heteroatoms. The maximum Gasteiger partial charge on any atom is 0.323 e. The highest BCUT2D eigenvalue weighted by atomic mass is 16.4. The van der Waals surface area contributed by atoms with Crippen molar-refractivity contribution in [3.63, 3.8) is 0 Å². The Morgan fingerprint density at radius 3 is 2.62 bits per heavy atom. The first-order valence-corrected chi connectivity index (χ1v) is 5.24. The Hall–Kier alpha value is -1.54. The zero-order valence-corrected chi connectivity index (χ0v) is 9.06. The maximum absolute atomic E-state index is 11.8. The monoisotopic (exact) mass is 224 g/mol. The first kappa shape index (κ1) is 12.5. The average molecular weight is 224 g/mol. The van der Waals surface area contributed by atoms with E-state index in [0.29, 0.717) is 12.5 Å². The van der Waals surface area contributed by atoms with Crippen LogP contribution in [0.1, 0.15) is 19.3 Å². The summed E-state index contributed by atoms with van der Waals surface area (Å²) in [5.41, 5.74) is 5.57. The Morgan fingerprint density at radius 1 is 1.56 bits per heavy atom. The molecule has 0 saturated heterocycles. The molecule has 1 aliphatic carbocycles. The van der Waals surface area contributed by atoms with Crippen LogP contribution in [0.3, 0.4) is 0 Å². The molecule has 1 atom stereocenters. The summed E-state index contributed by atoms with van der Waals surface area (Å²) >= 11 is 0. The van der Waals surface area contributed by atoms with Crippen LogP contribution in [0.5, 0.6) is 0 Å². The van der Waals surface area contributed by atoms with E-state index in [1.54, 1.807) is 0 Å². The first-order valence-electron chi connectivity index (χ1n) is 5.24. The van der Waals surface area contributed by atoms with Crippen molar-refractivity contribution in [2.24, 2.45) is 11.7 Å². The van der Waals surface area contributed by atoms with Crippen molar-refractivity contribution in [2.75, 3.05) is 13.1 Å². The Balaban J connectivity index is 2.55. The van der Waals surface area contributed by atoms with E-state index in [9.17, 15) is 9.59 Å². The van der Waals surface area contributed by atoms with Crippen LogP contribution in [0.2, 0.25) is 0 Å². The summed E-state index contributed by atoms with van der Waals surface area (Å²) in [4.78, 5) is 23.7. The highest BCUT2D eigenvalue weighted by Gasteiger charge is 2.29. The second-order valence-corrected chi connectivity index (χ2v) is 4.07. The highest BCUT2D eigenvalue weighted by molar-refractivity contribution is 5.85. The fourth-order valence-electron chi connectivity index (χ4n) is 1.46. The van der Waals surface area contributed by atoms with Crippen molar-refractivity contribution in [1.82, 2.24) is 4.90 Å². The van der Waals surface area contributed by atoms with Gasteiger partial charge in [-0.15, -0.1) is 12.3 Å². The van der Waals surface area contributed by atoms with Gasteiger partial charge < -0.3 is 15.7 Å². The minimum Gasteiger partial charge on any atom is -0.480 e. The molecular weight excluding hydrogens is 208 g/mol. The summed E-state index contributed by atoms with van der Waals surface area (Å²) in [6.07, 6.45) is 7.30. The zero-order valence-electron chi connectivity index (χ0n) is 9.06. The van der Waals surface area contributed by atoms with Gasteiger partial charge in [-0.05, 0) is 18.8 Å². The third-order valence-electron chi connectivity index (χ3n) is 2.47. The van der Waals surface area contributed by atoms with E-state index in [1.165, 1.54) is 4.90 Å². The van der Waals surface area contributed by atoms with Crippen LogP contribution in [-0.2, 0) is 9.59 Å². The van der Waals surface area contributed by atoms with Crippen LogP contribution in [0.15, 0.2) is 0 Å². The number of nitrogens with zero attached hydrogens (tertiary/aromatic N) is 1. The summed E-state index contributed by atoms with van der Waals surface area (Å²) in [6, 6.07) is -0.789. The smallest absolute Gasteiger partial charge is 0.323 e. The van der Waals surface area contributed by atoms with E-state index in [4.69, 9.17) is 17.3 Å². The molecule has 5 nitrogen and oxygen atoms in total. The first-order chi connectivity index (χ1) is 7.54. The van der Waals surface area contributed by atoms with E-state index >= 15 is 0 Å². The molecule has 1 rings (SSSR count). The fraction of sp³-hybridized carbons (Fsp3) is 0.636. The SMILES string of the molecule is C#CCC(N)C(=O)N(CC(=O)O)CC1CC1. The molecule has 0 aliphatic heterocycles. The second-order valence-electron chi connectivity index (χ2n) is 4.07. The van der Waals surface area contributed by atoms with Gasteiger partial charge in [-0.3, -0.25) is 9.59 Å². The van der Waals surface area contributed by atoms with Crippen LogP contribution in [0, 0.1) is 18.3 Å². The summed E-state index contributed by atoms with van der Waals surface area (Å²) in [5.74, 6) is 1.34. The van der Waals surface area contributed by atoms with Gasteiger partial charge in [-0.25, -0.2) is 0 Å². The molecule has 1 saturated carbocycles. The minimum absolute atomic E-state index is 0.139. The van der Waals surface area contributed by atoms with Crippen LogP contribution in [-0.4, -0.2) is 41.0 Å². The molecule has 3 N–H and O–H groups in total. The lowest BCUT2D eigenvalue weighted by molar-refractivity contribution is -0.145. The molecule has 88 valence electrons. The summed E-state index contributed by atoms with van der Waals surface area (Å²) in [5, 5.41) is 8.70. The van der Waals surface area contributed by atoms with E-state index < -0.39 is 12.0 Å². The number of hydrogen-bond donors (Lipinski definition) is 2. The van der Waals surface area contributed by atoms with Crippen LogP contribution < -0.4 is 5.73 Å². The number of carbonyl (C=O) groups excluding carboxylic acids is 1. The molecule has 16 heavy (non-hydrogen) atoms. The molecule has 0 aromatic rings. The molecule has 1 amide bonds. The quantitative estimate of drug-likeness (QED) is 0.605. The summed E-state index contributed by atoms with van der Waals surface area (Å²) in [6.45, 7) is 0.178.